The molecule has 4 rings (SSSR count). The zero-order valence-electron chi connectivity index (χ0n) is 18.7. The molecule has 1 N–H and O–H groups in total. The Morgan fingerprint density at radius 3 is 2.76 bits per heavy atom. The van der Waals surface area contributed by atoms with Crippen molar-refractivity contribution in [1.29, 1.82) is 0 Å². The summed E-state index contributed by atoms with van der Waals surface area (Å²) in [5, 5.41) is 8.79. The van der Waals surface area contributed by atoms with Gasteiger partial charge in [0.2, 0.25) is 15.9 Å². The monoisotopic (exact) mass is 485 g/mol. The molecule has 3 aromatic rings. The van der Waals surface area contributed by atoms with Crippen LogP contribution in [-0.2, 0) is 21.4 Å². The number of nitrogens with zero attached hydrogens (tertiary/aromatic N) is 2. The number of rotatable bonds is 7. The third-order valence-electron chi connectivity index (χ3n) is 5.72. The molecule has 1 aromatic carbocycles. The normalized spacial score (nSPS) is 17.5. The fourth-order valence-corrected chi connectivity index (χ4v) is 6.28. The molecule has 0 spiro atoms. The number of hydrogen-bond donors (Lipinski definition) is 1. The van der Waals surface area contributed by atoms with Crippen molar-refractivity contribution in [3.05, 3.63) is 69.2 Å². The first-order chi connectivity index (χ1) is 15.8. The predicted octanol–water partition coefficient (Wildman–Crippen LogP) is 4.24. The van der Waals surface area contributed by atoms with Crippen LogP contribution < -0.4 is 5.32 Å². The van der Waals surface area contributed by atoms with Crippen LogP contribution in [0.5, 0.6) is 0 Å². The number of aryl methyl sites for hydroxylation is 2. The average Bonchev–Trinajstić information content (AvgIpc) is 3.47. The highest BCUT2D eigenvalue weighted by Gasteiger charge is 2.36. The average molecular weight is 486 g/mol. The number of piperidine rings is 1. The lowest BCUT2D eigenvalue weighted by atomic mass is 9.98. The molecular weight excluding hydrogens is 458 g/mol. The van der Waals surface area contributed by atoms with E-state index in [-0.39, 0.29) is 23.1 Å². The van der Waals surface area contributed by atoms with Crippen molar-refractivity contribution >= 4 is 39.4 Å². The first-order valence-corrected chi connectivity index (χ1v) is 13.2. The first kappa shape index (κ1) is 23.4. The Morgan fingerprint density at radius 2 is 2.03 bits per heavy atom. The molecule has 0 bridgehead atoms. The van der Waals surface area contributed by atoms with Crippen molar-refractivity contribution in [3.8, 4) is 0 Å². The maximum Gasteiger partial charge on any atom is 0.248 e. The SMILES string of the molecule is Cc1ccc(CNC(=O)[C@H]2CCCN(S(=O)(=O)c3c(C)noc3/C=C/c3cccs3)C2)cc1. The van der Waals surface area contributed by atoms with Crippen LogP contribution in [0, 0.1) is 19.8 Å². The van der Waals surface area contributed by atoms with Gasteiger partial charge in [-0.25, -0.2) is 8.42 Å². The quantitative estimate of drug-likeness (QED) is 0.540. The Morgan fingerprint density at radius 1 is 1.24 bits per heavy atom. The van der Waals surface area contributed by atoms with Gasteiger partial charge in [0.25, 0.3) is 0 Å². The Hall–Kier alpha value is -2.75. The van der Waals surface area contributed by atoms with Crippen LogP contribution >= 0.6 is 11.3 Å². The number of hydrogen-bond acceptors (Lipinski definition) is 6. The Bertz CT molecular complexity index is 1230. The number of benzene rings is 1. The molecule has 0 aliphatic carbocycles. The van der Waals surface area contributed by atoms with Crippen LogP contribution in [-0.4, -0.2) is 36.9 Å². The van der Waals surface area contributed by atoms with Gasteiger partial charge >= 0.3 is 0 Å². The number of thiophene rings is 1. The number of nitrogens with one attached hydrogen (secondary N) is 1. The van der Waals surface area contributed by atoms with E-state index in [4.69, 9.17) is 4.52 Å². The van der Waals surface area contributed by atoms with Crippen molar-refractivity contribution in [2.24, 2.45) is 5.92 Å². The number of aromatic nitrogens is 1. The van der Waals surface area contributed by atoms with Crippen LogP contribution in [0.2, 0.25) is 0 Å². The highest BCUT2D eigenvalue weighted by molar-refractivity contribution is 7.89. The summed E-state index contributed by atoms with van der Waals surface area (Å²) in [6.07, 6.45) is 4.71. The summed E-state index contributed by atoms with van der Waals surface area (Å²) in [5.74, 6) is -0.327. The first-order valence-electron chi connectivity index (χ1n) is 10.9. The Kier molecular flexibility index (Phi) is 7.11. The van der Waals surface area contributed by atoms with Gasteiger partial charge in [0, 0.05) is 24.5 Å². The topological polar surface area (TPSA) is 92.5 Å². The second-order valence-electron chi connectivity index (χ2n) is 8.22. The molecule has 33 heavy (non-hydrogen) atoms. The lowest BCUT2D eigenvalue weighted by Crippen LogP contribution is -2.45. The van der Waals surface area contributed by atoms with Crippen molar-refractivity contribution < 1.29 is 17.7 Å². The molecule has 174 valence electrons. The molecule has 3 heterocycles. The maximum absolute atomic E-state index is 13.5. The molecule has 1 atom stereocenters. The van der Waals surface area contributed by atoms with Crippen molar-refractivity contribution in [2.75, 3.05) is 13.1 Å². The summed E-state index contributed by atoms with van der Waals surface area (Å²) in [7, 11) is -3.86. The minimum atomic E-state index is -3.86. The van der Waals surface area contributed by atoms with Crippen LogP contribution in [0.4, 0.5) is 0 Å². The second kappa shape index (κ2) is 10.0. The lowest BCUT2D eigenvalue weighted by Gasteiger charge is -2.31. The molecule has 1 aliphatic rings. The summed E-state index contributed by atoms with van der Waals surface area (Å²) in [6, 6.07) is 11.8. The highest BCUT2D eigenvalue weighted by Crippen LogP contribution is 2.29. The molecule has 7 nitrogen and oxygen atoms in total. The van der Waals surface area contributed by atoms with Crippen LogP contribution in [0.1, 0.15) is 40.3 Å². The minimum Gasteiger partial charge on any atom is -0.355 e. The maximum atomic E-state index is 13.5. The van der Waals surface area contributed by atoms with Crippen LogP contribution in [0.3, 0.4) is 0 Å². The molecule has 2 aromatic heterocycles. The van der Waals surface area contributed by atoms with Crippen LogP contribution in [0.25, 0.3) is 12.2 Å². The van der Waals surface area contributed by atoms with Gasteiger partial charge < -0.3 is 9.84 Å². The summed E-state index contributed by atoms with van der Waals surface area (Å²) >= 11 is 1.54. The number of sulfonamides is 1. The van der Waals surface area contributed by atoms with Gasteiger partial charge in [-0.2, -0.15) is 4.31 Å². The van der Waals surface area contributed by atoms with E-state index in [0.29, 0.717) is 31.6 Å². The molecular formula is C24H27N3O4S2. The third kappa shape index (κ3) is 5.43. The van der Waals surface area contributed by atoms with E-state index in [2.05, 4.69) is 10.5 Å². The molecule has 0 radical (unpaired) electrons. The fourth-order valence-electron chi connectivity index (χ4n) is 3.89. The smallest absolute Gasteiger partial charge is 0.248 e. The fraction of sp³-hybridized carbons (Fsp3) is 0.333. The summed E-state index contributed by atoms with van der Waals surface area (Å²) in [5.41, 5.74) is 2.48. The van der Waals surface area contributed by atoms with E-state index < -0.39 is 15.9 Å². The molecule has 1 amide bonds. The predicted molar refractivity (Wildman–Crippen MR) is 129 cm³/mol. The van der Waals surface area contributed by atoms with Crippen molar-refractivity contribution in [3.63, 3.8) is 0 Å². The molecule has 0 unspecified atom stereocenters. The standard InChI is InChI=1S/C24H27N3O4S2/c1-17-7-9-19(10-8-17)15-25-24(28)20-5-3-13-27(16-20)33(29,30)23-18(2)26-31-22(23)12-11-21-6-4-14-32-21/h4,6-12,14,20H,3,5,13,15-16H2,1-2H3,(H,25,28)/b12-11+/t20-/m0/s1. The van der Waals surface area contributed by atoms with Gasteiger partial charge in [-0.3, -0.25) is 4.79 Å². The van der Waals surface area contributed by atoms with Gasteiger partial charge in [0.05, 0.1) is 5.92 Å². The van der Waals surface area contributed by atoms with E-state index in [1.165, 1.54) is 4.31 Å². The lowest BCUT2D eigenvalue weighted by molar-refractivity contribution is -0.126. The van der Waals surface area contributed by atoms with Crippen molar-refractivity contribution in [2.45, 2.75) is 38.1 Å². The number of carbonyl (C=O) groups is 1. The van der Waals surface area contributed by atoms with Crippen molar-refractivity contribution in [1.82, 2.24) is 14.8 Å². The number of amides is 1. The zero-order valence-corrected chi connectivity index (χ0v) is 20.3. The molecule has 1 aliphatic heterocycles. The van der Waals surface area contributed by atoms with Crippen LogP contribution in [0.15, 0.2) is 51.2 Å². The van der Waals surface area contributed by atoms with Gasteiger partial charge in [-0.15, -0.1) is 11.3 Å². The molecule has 9 heteroatoms. The van der Waals surface area contributed by atoms with Gasteiger partial charge in [0.15, 0.2) is 10.7 Å². The summed E-state index contributed by atoms with van der Waals surface area (Å²) in [6.45, 7) is 4.56. The highest BCUT2D eigenvalue weighted by atomic mass is 32.2. The second-order valence-corrected chi connectivity index (χ2v) is 11.1. The van der Waals surface area contributed by atoms with E-state index in [0.717, 1.165) is 16.0 Å². The largest absolute Gasteiger partial charge is 0.355 e. The van der Waals surface area contributed by atoms with E-state index in [9.17, 15) is 13.2 Å². The molecule has 0 saturated carbocycles. The number of carbonyl (C=O) groups excluding carboxylic acids is 1. The summed E-state index contributed by atoms with van der Waals surface area (Å²) < 4.78 is 33.7. The Labute approximate surface area is 198 Å². The van der Waals surface area contributed by atoms with Gasteiger partial charge in [-0.1, -0.05) is 41.1 Å². The van der Waals surface area contributed by atoms with E-state index in [1.54, 1.807) is 30.4 Å². The Balaban J connectivity index is 1.46. The van der Waals surface area contributed by atoms with Gasteiger partial charge in [-0.05, 0) is 55.9 Å². The minimum absolute atomic E-state index is 0.0658. The van der Waals surface area contributed by atoms with E-state index >= 15 is 0 Å². The van der Waals surface area contributed by atoms with Gasteiger partial charge in [0.1, 0.15) is 5.69 Å². The van der Waals surface area contributed by atoms with E-state index in [1.807, 2.05) is 48.7 Å². The summed E-state index contributed by atoms with van der Waals surface area (Å²) in [4.78, 5) is 13.8. The third-order valence-corrected chi connectivity index (χ3v) is 8.58. The molecule has 1 saturated heterocycles. The zero-order chi connectivity index (χ0) is 23.4. The molecule has 1 fully saturated rings.